The van der Waals surface area contributed by atoms with Crippen LogP contribution in [0.5, 0.6) is 0 Å². The molecule has 0 aliphatic heterocycles. The van der Waals surface area contributed by atoms with Gasteiger partial charge in [0, 0.05) is 6.04 Å². The first-order valence-corrected chi connectivity index (χ1v) is 7.97. The summed E-state index contributed by atoms with van der Waals surface area (Å²) < 4.78 is 4.14. The van der Waals surface area contributed by atoms with Crippen molar-refractivity contribution in [3.05, 3.63) is 45.5 Å². The molecule has 0 aliphatic carbocycles. The van der Waals surface area contributed by atoms with E-state index >= 15 is 0 Å². The number of aryl methyl sites for hydroxylation is 3. The fourth-order valence-electron chi connectivity index (χ4n) is 2.64. The van der Waals surface area contributed by atoms with Crippen LogP contribution in [0.4, 0.5) is 0 Å². The minimum atomic E-state index is 0.303. The molecule has 20 heavy (non-hydrogen) atoms. The molecule has 108 valence electrons. The van der Waals surface area contributed by atoms with Crippen LogP contribution in [0.2, 0.25) is 0 Å². The molecule has 1 heterocycles. The van der Waals surface area contributed by atoms with Gasteiger partial charge in [0.1, 0.15) is 0 Å². The van der Waals surface area contributed by atoms with Gasteiger partial charge in [-0.25, -0.2) is 0 Å². The van der Waals surface area contributed by atoms with E-state index in [9.17, 15) is 0 Å². The Kier molecular flexibility index (Phi) is 5.26. The zero-order valence-corrected chi connectivity index (χ0v) is 13.5. The van der Waals surface area contributed by atoms with Crippen LogP contribution in [-0.2, 0) is 12.8 Å². The van der Waals surface area contributed by atoms with Gasteiger partial charge in [0.15, 0.2) is 0 Å². The Hall–Kier alpha value is -1.26. The lowest BCUT2D eigenvalue weighted by Gasteiger charge is -2.16. The fourth-order valence-corrected chi connectivity index (χ4v) is 3.44. The third kappa shape index (κ3) is 3.64. The lowest BCUT2D eigenvalue weighted by Crippen LogP contribution is -2.19. The second-order valence-electron chi connectivity index (χ2n) is 5.38. The van der Waals surface area contributed by atoms with Crippen LogP contribution in [0.25, 0.3) is 0 Å². The van der Waals surface area contributed by atoms with Crippen molar-refractivity contribution in [3.63, 3.8) is 0 Å². The predicted octanol–water partition coefficient (Wildman–Crippen LogP) is 3.61. The van der Waals surface area contributed by atoms with E-state index in [1.54, 1.807) is 0 Å². The molecule has 0 fully saturated rings. The van der Waals surface area contributed by atoms with Gasteiger partial charge < -0.3 is 5.32 Å². The van der Waals surface area contributed by atoms with Crippen molar-refractivity contribution in [1.29, 1.82) is 0 Å². The number of likely N-dealkylation sites (N-methyl/N-ethyl adjacent to an activating group) is 1. The molecule has 4 heteroatoms. The molecule has 1 atom stereocenters. The van der Waals surface area contributed by atoms with Crippen molar-refractivity contribution in [2.45, 2.75) is 46.1 Å². The van der Waals surface area contributed by atoms with Crippen LogP contribution in [0.3, 0.4) is 0 Å². The average molecular weight is 289 g/mol. The van der Waals surface area contributed by atoms with Gasteiger partial charge in [0.05, 0.1) is 10.6 Å². The second kappa shape index (κ2) is 6.95. The molecule has 2 rings (SSSR count). The molecule has 3 nitrogen and oxygen atoms in total. The summed E-state index contributed by atoms with van der Waals surface area (Å²) in [5.41, 5.74) is 5.18. The van der Waals surface area contributed by atoms with Gasteiger partial charge in [0.2, 0.25) is 0 Å². The Morgan fingerprint density at radius 3 is 2.50 bits per heavy atom. The molecule has 1 unspecified atom stereocenters. The van der Waals surface area contributed by atoms with Crippen LogP contribution in [-0.4, -0.2) is 16.6 Å². The highest BCUT2D eigenvalue weighted by Gasteiger charge is 2.18. The summed E-state index contributed by atoms with van der Waals surface area (Å²) in [5, 5.41) is 7.70. The van der Waals surface area contributed by atoms with Gasteiger partial charge in [-0.3, -0.25) is 0 Å². The summed E-state index contributed by atoms with van der Waals surface area (Å²) in [6.07, 6.45) is 3.11. The number of nitrogens with one attached hydrogen (secondary N) is 1. The third-order valence-corrected chi connectivity index (χ3v) is 4.34. The number of rotatable bonds is 6. The van der Waals surface area contributed by atoms with Crippen LogP contribution >= 0.6 is 11.5 Å². The molecule has 0 saturated heterocycles. The number of hydrogen-bond donors (Lipinski definition) is 1. The summed E-state index contributed by atoms with van der Waals surface area (Å²) in [4.78, 5) is 1.29. The van der Waals surface area contributed by atoms with Crippen molar-refractivity contribution in [1.82, 2.24) is 14.9 Å². The molecule has 0 radical (unpaired) electrons. The van der Waals surface area contributed by atoms with Crippen molar-refractivity contribution in [3.8, 4) is 0 Å². The van der Waals surface area contributed by atoms with E-state index in [1.165, 1.54) is 33.1 Å². The van der Waals surface area contributed by atoms with E-state index in [0.717, 1.165) is 25.0 Å². The van der Waals surface area contributed by atoms with Gasteiger partial charge >= 0.3 is 0 Å². The molecule has 0 aliphatic rings. The van der Waals surface area contributed by atoms with E-state index < -0.39 is 0 Å². The van der Waals surface area contributed by atoms with Crippen molar-refractivity contribution >= 4 is 11.5 Å². The Morgan fingerprint density at radius 1 is 1.20 bits per heavy atom. The molecular formula is C16H23N3S. The van der Waals surface area contributed by atoms with Gasteiger partial charge in [-0.15, -0.1) is 5.10 Å². The van der Waals surface area contributed by atoms with Gasteiger partial charge in [0.25, 0.3) is 0 Å². The van der Waals surface area contributed by atoms with Crippen molar-refractivity contribution < 1.29 is 0 Å². The zero-order valence-electron chi connectivity index (χ0n) is 12.7. The van der Waals surface area contributed by atoms with Crippen molar-refractivity contribution in [2.75, 3.05) is 7.05 Å². The topological polar surface area (TPSA) is 37.8 Å². The maximum absolute atomic E-state index is 4.28. The zero-order chi connectivity index (χ0) is 14.5. The Morgan fingerprint density at radius 2 is 1.90 bits per heavy atom. The first kappa shape index (κ1) is 15.1. The predicted molar refractivity (Wildman–Crippen MR) is 85.3 cm³/mol. The first-order chi connectivity index (χ1) is 9.63. The Bertz CT molecular complexity index is 542. The number of benzene rings is 1. The second-order valence-corrected chi connectivity index (χ2v) is 6.16. The lowest BCUT2D eigenvalue weighted by molar-refractivity contribution is 0.593. The molecule has 1 aromatic heterocycles. The van der Waals surface area contributed by atoms with E-state index in [4.69, 9.17) is 0 Å². The summed E-state index contributed by atoms with van der Waals surface area (Å²) in [6, 6.07) is 7.06. The Balaban J connectivity index is 2.21. The molecule has 0 bridgehead atoms. The smallest absolute Gasteiger partial charge is 0.0803 e. The van der Waals surface area contributed by atoms with Gasteiger partial charge in [-0.1, -0.05) is 47.2 Å². The van der Waals surface area contributed by atoms with E-state index in [0.29, 0.717) is 6.04 Å². The summed E-state index contributed by atoms with van der Waals surface area (Å²) in [5.74, 6) is 0. The van der Waals surface area contributed by atoms with Crippen LogP contribution < -0.4 is 5.32 Å². The number of nitrogens with zero attached hydrogens (tertiary/aromatic N) is 2. The SMILES string of the molecule is CCCc1nnsc1C(Cc1cc(C)cc(C)c1)NC. The van der Waals surface area contributed by atoms with Crippen LogP contribution in [0.1, 0.15) is 46.6 Å². The highest BCUT2D eigenvalue weighted by atomic mass is 32.1. The largest absolute Gasteiger partial charge is 0.312 e. The quantitative estimate of drug-likeness (QED) is 0.882. The average Bonchev–Trinajstić information content (AvgIpc) is 2.83. The third-order valence-electron chi connectivity index (χ3n) is 3.46. The van der Waals surface area contributed by atoms with E-state index in [2.05, 4.69) is 53.9 Å². The summed E-state index contributed by atoms with van der Waals surface area (Å²) >= 11 is 1.53. The maximum Gasteiger partial charge on any atom is 0.0803 e. The molecular weight excluding hydrogens is 266 g/mol. The summed E-state index contributed by atoms with van der Waals surface area (Å²) in [6.45, 7) is 6.49. The van der Waals surface area contributed by atoms with Gasteiger partial charge in [-0.05, 0) is 50.8 Å². The lowest BCUT2D eigenvalue weighted by atomic mass is 9.99. The molecule has 0 amide bonds. The molecule has 0 saturated carbocycles. The molecule has 2 aromatic rings. The first-order valence-electron chi connectivity index (χ1n) is 7.19. The molecule has 0 spiro atoms. The van der Waals surface area contributed by atoms with E-state index in [-0.39, 0.29) is 0 Å². The standard InChI is InChI=1S/C16H23N3S/c1-5-6-14-16(20-19-18-14)15(17-4)10-13-8-11(2)7-12(3)9-13/h7-9,15,17H,5-6,10H2,1-4H3. The molecule has 1 N–H and O–H groups in total. The monoisotopic (exact) mass is 289 g/mol. The highest BCUT2D eigenvalue weighted by molar-refractivity contribution is 7.05. The van der Waals surface area contributed by atoms with Crippen LogP contribution in [0, 0.1) is 13.8 Å². The molecule has 1 aromatic carbocycles. The normalized spacial score (nSPS) is 12.6. The highest BCUT2D eigenvalue weighted by Crippen LogP contribution is 2.25. The minimum Gasteiger partial charge on any atom is -0.312 e. The number of aromatic nitrogens is 2. The van der Waals surface area contributed by atoms with E-state index in [1.807, 2.05) is 7.05 Å². The van der Waals surface area contributed by atoms with Crippen molar-refractivity contribution in [2.24, 2.45) is 0 Å². The summed E-state index contributed by atoms with van der Waals surface area (Å²) in [7, 11) is 2.02. The van der Waals surface area contributed by atoms with Crippen LogP contribution in [0.15, 0.2) is 18.2 Å². The maximum atomic E-state index is 4.28. The number of hydrogen-bond acceptors (Lipinski definition) is 4. The fraction of sp³-hybridized carbons (Fsp3) is 0.500. The Labute approximate surface area is 125 Å². The van der Waals surface area contributed by atoms with Gasteiger partial charge in [-0.2, -0.15) is 0 Å². The minimum absolute atomic E-state index is 0.303.